The molecule has 18 heavy (non-hydrogen) atoms. The van der Waals surface area contributed by atoms with E-state index in [4.69, 9.17) is 9.47 Å². The van der Waals surface area contributed by atoms with E-state index in [2.05, 4.69) is 18.5 Å². The van der Waals surface area contributed by atoms with Crippen molar-refractivity contribution in [3.8, 4) is 0 Å². The number of ether oxygens (including phenoxy) is 2. The average molecular weight is 255 g/mol. The maximum Gasteiger partial charge on any atom is 0.302 e. The molecular formula is C14H25NO3. The third kappa shape index (κ3) is 4.42. The second kappa shape index (κ2) is 7.54. The van der Waals surface area contributed by atoms with Gasteiger partial charge < -0.3 is 14.4 Å². The molecule has 0 radical (unpaired) electrons. The van der Waals surface area contributed by atoms with Crippen LogP contribution < -0.4 is 0 Å². The molecule has 0 aromatic carbocycles. The number of hydrogen-bond acceptors (Lipinski definition) is 4. The van der Waals surface area contributed by atoms with Gasteiger partial charge in [0.1, 0.15) is 6.10 Å². The number of hydrogen-bond donors (Lipinski definition) is 0. The van der Waals surface area contributed by atoms with E-state index >= 15 is 0 Å². The van der Waals surface area contributed by atoms with Crippen LogP contribution in [0.4, 0.5) is 0 Å². The first-order valence-corrected chi connectivity index (χ1v) is 6.58. The third-order valence-electron chi connectivity index (χ3n) is 3.55. The second-order valence-electron chi connectivity index (χ2n) is 5.00. The normalized spacial score (nSPS) is 26.6. The van der Waals surface area contributed by atoms with Crippen molar-refractivity contribution in [2.75, 3.05) is 27.2 Å². The molecule has 104 valence electrons. The fourth-order valence-corrected chi connectivity index (χ4v) is 2.64. The van der Waals surface area contributed by atoms with Gasteiger partial charge in [-0.1, -0.05) is 6.08 Å². The molecule has 1 heterocycles. The van der Waals surface area contributed by atoms with Gasteiger partial charge in [0, 0.05) is 33.0 Å². The fourth-order valence-electron chi connectivity index (χ4n) is 2.64. The van der Waals surface area contributed by atoms with Crippen molar-refractivity contribution in [3.63, 3.8) is 0 Å². The zero-order valence-corrected chi connectivity index (χ0v) is 11.7. The SMILES string of the molecule is C=CCCC(OC)C1CN(C)CCC1OC(C)=O. The summed E-state index contributed by atoms with van der Waals surface area (Å²) in [5, 5.41) is 0. The van der Waals surface area contributed by atoms with E-state index in [0.717, 1.165) is 32.4 Å². The van der Waals surface area contributed by atoms with Gasteiger partial charge in [-0.3, -0.25) is 4.79 Å². The Kier molecular flexibility index (Phi) is 6.36. The summed E-state index contributed by atoms with van der Waals surface area (Å²) in [7, 11) is 3.82. The number of nitrogens with zero attached hydrogens (tertiary/aromatic N) is 1. The van der Waals surface area contributed by atoms with Crippen molar-refractivity contribution in [1.29, 1.82) is 0 Å². The number of rotatable bonds is 6. The largest absolute Gasteiger partial charge is 0.462 e. The van der Waals surface area contributed by atoms with Crippen LogP contribution in [0.15, 0.2) is 12.7 Å². The first-order chi connectivity index (χ1) is 8.58. The molecule has 0 saturated carbocycles. The minimum Gasteiger partial charge on any atom is -0.462 e. The summed E-state index contributed by atoms with van der Waals surface area (Å²) in [6, 6.07) is 0. The molecule has 0 N–H and O–H groups in total. The first kappa shape index (κ1) is 15.2. The molecule has 1 saturated heterocycles. The van der Waals surface area contributed by atoms with Gasteiger partial charge in [0.2, 0.25) is 0 Å². The predicted octanol–water partition coefficient (Wildman–Crippen LogP) is 1.85. The van der Waals surface area contributed by atoms with Gasteiger partial charge in [0.25, 0.3) is 0 Å². The van der Waals surface area contributed by atoms with Gasteiger partial charge in [-0.05, 0) is 26.3 Å². The van der Waals surface area contributed by atoms with Gasteiger partial charge >= 0.3 is 5.97 Å². The van der Waals surface area contributed by atoms with Crippen LogP contribution in [0, 0.1) is 5.92 Å². The average Bonchev–Trinajstić information content (AvgIpc) is 2.33. The van der Waals surface area contributed by atoms with Crippen LogP contribution >= 0.6 is 0 Å². The lowest BCUT2D eigenvalue weighted by Gasteiger charge is -2.39. The molecule has 0 bridgehead atoms. The van der Waals surface area contributed by atoms with Crippen molar-refractivity contribution in [2.24, 2.45) is 5.92 Å². The molecule has 1 aliphatic rings. The minimum atomic E-state index is -0.201. The molecule has 4 nitrogen and oxygen atoms in total. The number of allylic oxidation sites excluding steroid dienone is 1. The lowest BCUT2D eigenvalue weighted by Crippen LogP contribution is -2.48. The van der Waals surface area contributed by atoms with E-state index in [-0.39, 0.29) is 24.1 Å². The number of carbonyl (C=O) groups excluding carboxylic acids is 1. The lowest BCUT2D eigenvalue weighted by atomic mass is 9.87. The highest BCUT2D eigenvalue weighted by atomic mass is 16.5. The molecular weight excluding hydrogens is 230 g/mol. The zero-order chi connectivity index (χ0) is 13.5. The highest BCUT2D eigenvalue weighted by Crippen LogP contribution is 2.26. The summed E-state index contributed by atoms with van der Waals surface area (Å²) in [4.78, 5) is 13.4. The molecule has 0 aromatic heterocycles. The van der Waals surface area contributed by atoms with Crippen molar-refractivity contribution in [3.05, 3.63) is 12.7 Å². The second-order valence-corrected chi connectivity index (χ2v) is 5.00. The molecule has 0 amide bonds. The van der Waals surface area contributed by atoms with Crippen LogP contribution in [-0.4, -0.2) is 50.3 Å². The number of carbonyl (C=O) groups is 1. The molecule has 1 rings (SSSR count). The maximum absolute atomic E-state index is 11.2. The topological polar surface area (TPSA) is 38.8 Å². The Morgan fingerprint density at radius 1 is 1.61 bits per heavy atom. The number of piperidine rings is 1. The van der Waals surface area contributed by atoms with Crippen molar-refractivity contribution >= 4 is 5.97 Å². The van der Waals surface area contributed by atoms with E-state index in [1.54, 1.807) is 7.11 Å². The van der Waals surface area contributed by atoms with Gasteiger partial charge in [-0.2, -0.15) is 0 Å². The Bertz CT molecular complexity index is 280. The van der Waals surface area contributed by atoms with Crippen LogP contribution in [0.2, 0.25) is 0 Å². The van der Waals surface area contributed by atoms with Crippen LogP contribution in [0.1, 0.15) is 26.2 Å². The smallest absolute Gasteiger partial charge is 0.302 e. The Hall–Kier alpha value is -0.870. The molecule has 3 atom stereocenters. The van der Waals surface area contributed by atoms with Crippen molar-refractivity contribution in [2.45, 2.75) is 38.4 Å². The predicted molar refractivity (Wildman–Crippen MR) is 71.4 cm³/mol. The maximum atomic E-state index is 11.2. The van der Waals surface area contributed by atoms with E-state index < -0.39 is 0 Å². The summed E-state index contributed by atoms with van der Waals surface area (Å²) in [5.41, 5.74) is 0. The van der Waals surface area contributed by atoms with E-state index in [0.29, 0.717) is 0 Å². The van der Waals surface area contributed by atoms with Gasteiger partial charge in [0.15, 0.2) is 0 Å². The molecule has 1 aliphatic heterocycles. The third-order valence-corrected chi connectivity index (χ3v) is 3.55. The summed E-state index contributed by atoms with van der Waals surface area (Å²) < 4.78 is 11.0. The summed E-state index contributed by atoms with van der Waals surface area (Å²) in [6.45, 7) is 7.09. The van der Waals surface area contributed by atoms with E-state index in [1.807, 2.05) is 6.08 Å². The first-order valence-electron chi connectivity index (χ1n) is 6.58. The standard InChI is InChI=1S/C14H25NO3/c1-5-6-7-13(17-4)12-10-15(3)9-8-14(12)18-11(2)16/h5,12-14H,1,6-10H2,2-4H3. The quantitative estimate of drug-likeness (QED) is 0.536. The molecule has 3 unspecified atom stereocenters. The Morgan fingerprint density at radius 2 is 2.33 bits per heavy atom. The van der Waals surface area contributed by atoms with E-state index in [9.17, 15) is 4.79 Å². The van der Waals surface area contributed by atoms with Crippen molar-refractivity contribution < 1.29 is 14.3 Å². The van der Waals surface area contributed by atoms with Gasteiger partial charge in [-0.25, -0.2) is 0 Å². The van der Waals surface area contributed by atoms with Crippen LogP contribution in [-0.2, 0) is 14.3 Å². The number of esters is 1. The lowest BCUT2D eigenvalue weighted by molar-refractivity contribution is -0.156. The Labute approximate surface area is 110 Å². The molecule has 1 fully saturated rings. The van der Waals surface area contributed by atoms with Crippen LogP contribution in [0.3, 0.4) is 0 Å². The van der Waals surface area contributed by atoms with Gasteiger partial charge in [-0.15, -0.1) is 6.58 Å². The zero-order valence-electron chi connectivity index (χ0n) is 11.7. The Balaban J connectivity index is 2.68. The number of methoxy groups -OCH3 is 1. The summed E-state index contributed by atoms with van der Waals surface area (Å²) >= 11 is 0. The van der Waals surface area contributed by atoms with Gasteiger partial charge in [0.05, 0.1) is 6.10 Å². The monoisotopic (exact) mass is 255 g/mol. The highest BCUT2D eigenvalue weighted by molar-refractivity contribution is 5.66. The highest BCUT2D eigenvalue weighted by Gasteiger charge is 2.35. The van der Waals surface area contributed by atoms with Crippen LogP contribution in [0.5, 0.6) is 0 Å². The fraction of sp³-hybridized carbons (Fsp3) is 0.786. The molecule has 0 aromatic rings. The van der Waals surface area contributed by atoms with Crippen LogP contribution in [0.25, 0.3) is 0 Å². The van der Waals surface area contributed by atoms with Crippen molar-refractivity contribution in [1.82, 2.24) is 4.90 Å². The Morgan fingerprint density at radius 3 is 2.89 bits per heavy atom. The number of likely N-dealkylation sites (tertiary alicyclic amines) is 1. The molecule has 4 heteroatoms. The van der Waals surface area contributed by atoms with E-state index in [1.165, 1.54) is 6.92 Å². The minimum absolute atomic E-state index is 0.0199. The summed E-state index contributed by atoms with van der Waals surface area (Å²) in [6.07, 6.45) is 4.74. The molecule has 0 spiro atoms. The summed E-state index contributed by atoms with van der Waals surface area (Å²) in [5.74, 6) is 0.0470. The molecule has 0 aliphatic carbocycles.